The van der Waals surface area contributed by atoms with E-state index in [0.717, 1.165) is 0 Å². The third-order valence-electron chi connectivity index (χ3n) is 0.365. The molecule has 0 unspecified atom stereocenters. The largest absolute Gasteiger partial charge is 0.449 e. The van der Waals surface area contributed by atoms with Crippen molar-refractivity contribution < 1.29 is 21.9 Å². The molecule has 0 saturated heterocycles. The van der Waals surface area contributed by atoms with Gasteiger partial charge in [0.2, 0.25) is 0 Å². The van der Waals surface area contributed by atoms with Crippen molar-refractivity contribution in [2.75, 3.05) is 6.54 Å². The Morgan fingerprint density at radius 2 is 2.11 bits per heavy atom. The van der Waals surface area contributed by atoms with Crippen LogP contribution < -0.4 is 5.73 Å². The summed E-state index contributed by atoms with van der Waals surface area (Å²) in [6, 6.07) is 0. The molecule has 0 aromatic carbocycles. The van der Waals surface area contributed by atoms with Gasteiger partial charge in [-0.3, -0.25) is 4.55 Å². The van der Waals surface area contributed by atoms with Gasteiger partial charge in [-0.2, -0.15) is 8.42 Å². The van der Waals surface area contributed by atoms with E-state index in [4.69, 9.17) is 4.55 Å². The van der Waals surface area contributed by atoms with Gasteiger partial charge in [-0.15, -0.1) is 0 Å². The first-order chi connectivity index (χ1) is 3.95. The van der Waals surface area contributed by atoms with E-state index in [9.17, 15) is 13.2 Å². The minimum Gasteiger partial charge on any atom is -0.324 e. The average Bonchev–Trinajstić information content (AvgIpc) is 1.62. The molecule has 0 aromatic rings. The van der Waals surface area contributed by atoms with Gasteiger partial charge in [-0.1, -0.05) is 0 Å². The topological polar surface area (TPSA) is 107 Å². The maximum absolute atomic E-state index is 9.94. The molecule has 0 rings (SSSR count). The number of carbonyl (C=O) groups excluding carboxylic acids is 1. The van der Waals surface area contributed by atoms with E-state index in [2.05, 4.69) is 9.92 Å². The van der Waals surface area contributed by atoms with Crippen LogP contribution in [0.2, 0.25) is 0 Å². The fourth-order valence-electron chi connectivity index (χ4n) is 0.151. The van der Waals surface area contributed by atoms with Crippen LogP contribution in [0.1, 0.15) is 0 Å². The fourth-order valence-corrected chi connectivity index (χ4v) is 0.454. The second-order valence-corrected chi connectivity index (χ2v) is 2.11. The minimum absolute atomic E-state index is 0.584. The Bertz CT molecular complexity index is 193. The van der Waals surface area contributed by atoms with Gasteiger partial charge < -0.3 is 9.92 Å². The van der Waals surface area contributed by atoms with Crippen LogP contribution in [-0.2, 0) is 19.4 Å². The van der Waals surface area contributed by atoms with E-state index in [1.807, 2.05) is 0 Å². The number of rotatable bonds is 2. The lowest BCUT2D eigenvalue weighted by Gasteiger charge is -1.93. The number of nitrogens with two attached hydrogens (primary N) is 1. The van der Waals surface area contributed by atoms with Crippen LogP contribution in [0.25, 0.3) is 0 Å². The second kappa shape index (κ2) is 2.76. The molecule has 0 bridgehead atoms. The van der Waals surface area contributed by atoms with Crippen molar-refractivity contribution >= 4 is 16.4 Å². The van der Waals surface area contributed by atoms with Crippen molar-refractivity contribution in [3.63, 3.8) is 0 Å². The molecule has 6 nitrogen and oxygen atoms in total. The second-order valence-electron chi connectivity index (χ2n) is 1.09. The first-order valence-electron chi connectivity index (χ1n) is 1.85. The third-order valence-corrected chi connectivity index (χ3v) is 0.761. The van der Waals surface area contributed by atoms with Gasteiger partial charge in [0.05, 0.1) is 6.54 Å². The Hall–Kier alpha value is -0.660. The predicted octanol–water partition coefficient (Wildman–Crippen LogP) is -1.71. The maximum Gasteiger partial charge on any atom is 0.449 e. The zero-order chi connectivity index (χ0) is 7.49. The minimum atomic E-state index is -4.66. The number of hydrogen-bond acceptors (Lipinski definition) is 5. The Kier molecular flexibility index (Phi) is 2.56. The molecule has 54 valence electrons. The molecule has 3 N–H and O–H groups in total. The molecular weight excluding hydrogens is 150 g/mol. The summed E-state index contributed by atoms with van der Waals surface area (Å²) in [5, 5.41) is 0. The van der Waals surface area contributed by atoms with E-state index in [0.29, 0.717) is 0 Å². The van der Waals surface area contributed by atoms with Gasteiger partial charge in [0.1, 0.15) is 0 Å². The van der Waals surface area contributed by atoms with Gasteiger partial charge in [0.15, 0.2) is 0 Å². The molecule has 0 aliphatic carbocycles. The van der Waals surface area contributed by atoms with Crippen LogP contribution in [0.15, 0.2) is 0 Å². The van der Waals surface area contributed by atoms with E-state index in [1.165, 1.54) is 0 Å². The molecule has 0 aromatic heterocycles. The summed E-state index contributed by atoms with van der Waals surface area (Å²) in [7, 11) is -4.66. The van der Waals surface area contributed by atoms with Crippen LogP contribution in [0.5, 0.6) is 0 Å². The van der Waals surface area contributed by atoms with Crippen molar-refractivity contribution in [2.45, 2.75) is 0 Å². The van der Waals surface area contributed by atoms with Crippen LogP contribution in [0.3, 0.4) is 0 Å². The highest BCUT2D eigenvalue weighted by molar-refractivity contribution is 7.81. The number of carbonyl (C=O) groups is 1. The molecule has 0 spiro atoms. The average molecular weight is 155 g/mol. The van der Waals surface area contributed by atoms with Crippen LogP contribution in [0, 0.1) is 0 Å². The summed E-state index contributed by atoms with van der Waals surface area (Å²) in [5.74, 6) is -1.20. The Morgan fingerprint density at radius 1 is 1.67 bits per heavy atom. The molecule has 0 amide bonds. The SMILES string of the molecule is NCC(=O)OS(=O)(=O)O. The van der Waals surface area contributed by atoms with E-state index >= 15 is 0 Å². The van der Waals surface area contributed by atoms with E-state index < -0.39 is 22.9 Å². The van der Waals surface area contributed by atoms with Gasteiger partial charge in [-0.05, 0) is 0 Å². The lowest BCUT2D eigenvalue weighted by Crippen LogP contribution is -2.20. The quantitative estimate of drug-likeness (QED) is 0.460. The highest BCUT2D eigenvalue weighted by Gasteiger charge is 2.09. The molecule has 0 fully saturated rings. The molecule has 0 aliphatic rings. The normalized spacial score (nSPS) is 10.9. The third kappa shape index (κ3) is 5.21. The lowest BCUT2D eigenvalue weighted by atomic mass is 10.7. The van der Waals surface area contributed by atoms with Crippen molar-refractivity contribution in [3.05, 3.63) is 0 Å². The summed E-state index contributed by atoms with van der Waals surface area (Å²) in [6.07, 6.45) is 0. The van der Waals surface area contributed by atoms with Gasteiger partial charge in [-0.25, -0.2) is 4.79 Å². The van der Waals surface area contributed by atoms with Gasteiger partial charge >= 0.3 is 16.4 Å². The van der Waals surface area contributed by atoms with Crippen molar-refractivity contribution in [1.82, 2.24) is 0 Å². The Morgan fingerprint density at radius 3 is 2.22 bits per heavy atom. The Labute approximate surface area is 51.6 Å². The molecule has 0 radical (unpaired) electrons. The standard InChI is InChI=1S/C2H5NO5S/c3-1-2(4)8-9(5,6)7/h1,3H2,(H,5,6,7). The summed E-state index contributed by atoms with van der Waals surface area (Å²) < 4.78 is 30.5. The molecule has 0 heterocycles. The first-order valence-corrected chi connectivity index (χ1v) is 3.22. The van der Waals surface area contributed by atoms with Crippen LogP contribution in [0.4, 0.5) is 0 Å². The van der Waals surface area contributed by atoms with E-state index in [-0.39, 0.29) is 0 Å². The molecule has 0 atom stereocenters. The highest BCUT2D eigenvalue weighted by Crippen LogP contribution is 1.84. The molecule has 7 heteroatoms. The monoisotopic (exact) mass is 155 g/mol. The lowest BCUT2D eigenvalue weighted by molar-refractivity contribution is -0.132. The van der Waals surface area contributed by atoms with Crippen molar-refractivity contribution in [1.29, 1.82) is 0 Å². The predicted molar refractivity (Wildman–Crippen MR) is 26.7 cm³/mol. The summed E-state index contributed by atoms with van der Waals surface area (Å²) in [5.41, 5.74) is 4.63. The maximum atomic E-state index is 9.94. The van der Waals surface area contributed by atoms with Crippen LogP contribution in [-0.4, -0.2) is 25.5 Å². The van der Waals surface area contributed by atoms with Gasteiger partial charge in [0.25, 0.3) is 0 Å². The zero-order valence-electron chi connectivity index (χ0n) is 4.27. The van der Waals surface area contributed by atoms with E-state index in [1.54, 1.807) is 0 Å². The smallest absolute Gasteiger partial charge is 0.324 e. The highest BCUT2D eigenvalue weighted by atomic mass is 32.3. The zero-order valence-corrected chi connectivity index (χ0v) is 5.09. The summed E-state index contributed by atoms with van der Waals surface area (Å²) in [4.78, 5) is 9.94. The molecule has 0 saturated carbocycles. The van der Waals surface area contributed by atoms with Crippen LogP contribution >= 0.6 is 0 Å². The first kappa shape index (κ1) is 8.34. The fraction of sp³-hybridized carbons (Fsp3) is 0.500. The van der Waals surface area contributed by atoms with Gasteiger partial charge in [0, 0.05) is 0 Å². The molecule has 0 aliphatic heterocycles. The number of hydrogen-bond donors (Lipinski definition) is 2. The Balaban J connectivity index is 3.91. The van der Waals surface area contributed by atoms with Crippen molar-refractivity contribution in [2.24, 2.45) is 5.73 Å². The summed E-state index contributed by atoms with van der Waals surface area (Å²) >= 11 is 0. The molecular formula is C2H5NO5S. The summed E-state index contributed by atoms with van der Waals surface area (Å²) in [6.45, 7) is -0.584. The molecule has 9 heavy (non-hydrogen) atoms. The van der Waals surface area contributed by atoms with Crippen molar-refractivity contribution in [3.8, 4) is 0 Å².